The lowest BCUT2D eigenvalue weighted by Gasteiger charge is -2.14. The summed E-state index contributed by atoms with van der Waals surface area (Å²) in [4.78, 5) is 27.9. The zero-order chi connectivity index (χ0) is 19.3. The number of anilines is 1. The molecule has 0 spiro atoms. The molecule has 140 valence electrons. The molecule has 0 saturated heterocycles. The lowest BCUT2D eigenvalue weighted by atomic mass is 10.1. The van der Waals surface area contributed by atoms with E-state index in [1.807, 2.05) is 20.8 Å². The Morgan fingerprint density at radius 1 is 1.23 bits per heavy atom. The van der Waals surface area contributed by atoms with E-state index in [4.69, 9.17) is 16.3 Å². The normalized spacial score (nSPS) is 10.5. The third-order valence-electron chi connectivity index (χ3n) is 3.93. The van der Waals surface area contributed by atoms with Gasteiger partial charge >= 0.3 is 0 Å². The Labute approximate surface area is 157 Å². The van der Waals surface area contributed by atoms with Crippen molar-refractivity contribution in [3.63, 3.8) is 0 Å². The molecule has 0 bridgehead atoms. The van der Waals surface area contributed by atoms with Crippen LogP contribution in [0.4, 0.5) is 5.69 Å². The summed E-state index contributed by atoms with van der Waals surface area (Å²) in [6, 6.07) is 4.89. The molecule has 2 rings (SSSR count). The maximum Gasteiger partial charge on any atom is 0.251 e. The molecule has 0 radical (unpaired) electrons. The van der Waals surface area contributed by atoms with Crippen molar-refractivity contribution < 1.29 is 9.53 Å². The lowest BCUT2D eigenvalue weighted by Crippen LogP contribution is -2.27. The zero-order valence-corrected chi connectivity index (χ0v) is 16.2. The highest BCUT2D eigenvalue weighted by Gasteiger charge is 2.16. The summed E-state index contributed by atoms with van der Waals surface area (Å²) >= 11 is 6.13. The third-order valence-corrected chi connectivity index (χ3v) is 4.15. The smallest absolute Gasteiger partial charge is 0.251 e. The van der Waals surface area contributed by atoms with Crippen molar-refractivity contribution >= 4 is 23.2 Å². The molecule has 3 N–H and O–H groups in total. The van der Waals surface area contributed by atoms with E-state index in [1.165, 1.54) is 6.07 Å². The first-order chi connectivity index (χ1) is 12.4. The van der Waals surface area contributed by atoms with Crippen molar-refractivity contribution in [3.8, 4) is 5.88 Å². The quantitative estimate of drug-likeness (QED) is 0.690. The van der Waals surface area contributed by atoms with Gasteiger partial charge in [0.25, 0.3) is 5.91 Å². The summed E-state index contributed by atoms with van der Waals surface area (Å²) in [6.07, 6.45) is 0. The van der Waals surface area contributed by atoms with E-state index in [9.17, 15) is 9.59 Å². The van der Waals surface area contributed by atoms with Gasteiger partial charge in [-0.25, -0.2) is 0 Å². The van der Waals surface area contributed by atoms with Crippen LogP contribution in [0, 0.1) is 13.8 Å². The highest BCUT2D eigenvalue weighted by molar-refractivity contribution is 6.31. The number of nitrogens with one attached hydrogen (secondary N) is 3. The van der Waals surface area contributed by atoms with Gasteiger partial charge in [-0.05, 0) is 45.4 Å². The average Bonchev–Trinajstić information content (AvgIpc) is 2.57. The van der Waals surface area contributed by atoms with Gasteiger partial charge in [0.2, 0.25) is 0 Å². The number of H-pyrrole nitrogens is 1. The monoisotopic (exact) mass is 377 g/mol. The maximum atomic E-state index is 12.6. The molecule has 0 saturated carbocycles. The lowest BCUT2D eigenvalue weighted by molar-refractivity contribution is 0.0950. The number of pyridine rings is 1. The van der Waals surface area contributed by atoms with Crippen molar-refractivity contribution in [2.75, 3.05) is 18.5 Å². The molecule has 2 aromatic rings. The summed E-state index contributed by atoms with van der Waals surface area (Å²) in [7, 11) is 0. The van der Waals surface area contributed by atoms with Crippen LogP contribution in [0.25, 0.3) is 0 Å². The van der Waals surface area contributed by atoms with Gasteiger partial charge in [0.15, 0.2) is 11.3 Å². The Bertz CT molecular complexity index is 862. The molecule has 1 aromatic carbocycles. The van der Waals surface area contributed by atoms with Gasteiger partial charge in [0, 0.05) is 34.6 Å². The molecule has 1 aromatic heterocycles. The summed E-state index contributed by atoms with van der Waals surface area (Å²) in [5, 5.41) is 6.45. The van der Waals surface area contributed by atoms with Crippen molar-refractivity contribution in [3.05, 3.63) is 55.8 Å². The minimum Gasteiger partial charge on any atom is -0.479 e. The predicted octanol–water partition coefficient (Wildman–Crippen LogP) is 3.41. The second kappa shape index (κ2) is 8.76. The van der Waals surface area contributed by atoms with E-state index in [-0.39, 0.29) is 17.9 Å². The van der Waals surface area contributed by atoms with Gasteiger partial charge < -0.3 is 20.4 Å². The molecule has 0 aliphatic heterocycles. The molecule has 0 unspecified atom stereocenters. The fraction of sp³-hybridized carbons (Fsp3) is 0.368. The van der Waals surface area contributed by atoms with Gasteiger partial charge in [0.05, 0.1) is 18.7 Å². The van der Waals surface area contributed by atoms with Crippen LogP contribution >= 0.6 is 11.6 Å². The van der Waals surface area contributed by atoms with E-state index in [0.29, 0.717) is 34.3 Å². The molecular weight excluding hydrogens is 354 g/mol. The number of carbonyl (C=O) groups is 1. The summed E-state index contributed by atoms with van der Waals surface area (Å²) in [6.45, 7) is 8.64. The number of halogens is 1. The molecule has 0 fully saturated rings. The Balaban J connectivity index is 2.26. The van der Waals surface area contributed by atoms with Crippen LogP contribution in [0.2, 0.25) is 5.02 Å². The summed E-state index contributed by atoms with van der Waals surface area (Å²) < 4.78 is 5.49. The molecule has 1 heterocycles. The van der Waals surface area contributed by atoms with Crippen LogP contribution < -0.4 is 20.8 Å². The number of aromatic nitrogens is 1. The van der Waals surface area contributed by atoms with Crippen LogP contribution in [0.5, 0.6) is 5.88 Å². The van der Waals surface area contributed by atoms with Crippen LogP contribution in [0.3, 0.4) is 0 Å². The van der Waals surface area contributed by atoms with E-state index in [1.54, 1.807) is 19.1 Å². The Morgan fingerprint density at radius 2 is 1.96 bits per heavy atom. The molecule has 6 nitrogen and oxygen atoms in total. The summed E-state index contributed by atoms with van der Waals surface area (Å²) in [5.41, 5.74) is 2.99. The molecule has 1 amide bonds. The molecule has 26 heavy (non-hydrogen) atoms. The van der Waals surface area contributed by atoms with E-state index in [2.05, 4.69) is 15.6 Å². The van der Waals surface area contributed by atoms with Crippen LogP contribution in [0.1, 0.15) is 41.0 Å². The highest BCUT2D eigenvalue weighted by Crippen LogP contribution is 2.25. The minimum atomic E-state index is -0.299. The number of aromatic amines is 1. The van der Waals surface area contributed by atoms with Gasteiger partial charge in [-0.1, -0.05) is 11.6 Å². The van der Waals surface area contributed by atoms with Gasteiger partial charge in [0.1, 0.15) is 0 Å². The van der Waals surface area contributed by atoms with E-state index < -0.39 is 0 Å². The first-order valence-electron chi connectivity index (χ1n) is 8.55. The predicted molar refractivity (Wildman–Crippen MR) is 104 cm³/mol. The molecular formula is C19H24ClN3O3. The zero-order valence-electron chi connectivity index (χ0n) is 15.5. The molecule has 7 heteroatoms. The number of ether oxygens (including phenoxy) is 1. The van der Waals surface area contributed by atoms with Gasteiger partial charge in [-0.3, -0.25) is 9.59 Å². The maximum absolute atomic E-state index is 12.6. The van der Waals surface area contributed by atoms with Gasteiger partial charge in [-0.2, -0.15) is 0 Å². The Kier molecular flexibility index (Phi) is 6.69. The number of aryl methyl sites for hydroxylation is 1. The van der Waals surface area contributed by atoms with Crippen molar-refractivity contribution in [2.45, 2.75) is 34.2 Å². The average molecular weight is 378 g/mol. The number of carbonyl (C=O) groups excluding carboxylic acids is 1. The number of rotatable bonds is 7. The second-order valence-electron chi connectivity index (χ2n) is 5.90. The third kappa shape index (κ3) is 4.58. The SMILES string of the molecule is CCNc1cc(Cl)cc(C(=O)NCc2c(OCC)[nH]c(C)cc2=O)c1C. The Morgan fingerprint density at radius 3 is 2.62 bits per heavy atom. The highest BCUT2D eigenvalue weighted by atomic mass is 35.5. The Hall–Kier alpha value is -2.47. The molecule has 0 aliphatic carbocycles. The number of benzene rings is 1. The van der Waals surface area contributed by atoms with E-state index >= 15 is 0 Å². The number of hydrogen-bond donors (Lipinski definition) is 3. The summed E-state index contributed by atoms with van der Waals surface area (Å²) in [5.74, 6) is 0.0838. The minimum absolute atomic E-state index is 0.0618. The van der Waals surface area contributed by atoms with Crippen LogP contribution in [0.15, 0.2) is 23.0 Å². The van der Waals surface area contributed by atoms with Crippen molar-refractivity contribution in [1.82, 2.24) is 10.3 Å². The van der Waals surface area contributed by atoms with Crippen molar-refractivity contribution in [2.24, 2.45) is 0 Å². The van der Waals surface area contributed by atoms with Crippen LogP contribution in [-0.4, -0.2) is 24.0 Å². The van der Waals surface area contributed by atoms with E-state index in [0.717, 1.165) is 17.8 Å². The largest absolute Gasteiger partial charge is 0.479 e. The second-order valence-corrected chi connectivity index (χ2v) is 6.33. The van der Waals surface area contributed by atoms with Crippen molar-refractivity contribution in [1.29, 1.82) is 0 Å². The fourth-order valence-electron chi connectivity index (χ4n) is 2.67. The van der Waals surface area contributed by atoms with Crippen LogP contribution in [-0.2, 0) is 6.54 Å². The number of hydrogen-bond acceptors (Lipinski definition) is 4. The topological polar surface area (TPSA) is 83.2 Å². The first kappa shape index (κ1) is 19.8. The first-order valence-corrected chi connectivity index (χ1v) is 8.92. The molecule has 0 atom stereocenters. The number of amides is 1. The standard InChI is InChI=1S/C19H24ClN3O3/c1-5-21-16-9-13(20)8-14(12(16)4)18(25)22-10-15-17(24)7-11(3)23-19(15)26-6-2/h7-9,21H,5-6,10H2,1-4H3,(H,22,25)(H,23,24). The molecule has 0 aliphatic rings. The van der Waals surface area contributed by atoms with Gasteiger partial charge in [-0.15, -0.1) is 0 Å². The fourth-order valence-corrected chi connectivity index (χ4v) is 2.89.